The summed E-state index contributed by atoms with van der Waals surface area (Å²) in [5.74, 6) is 0.936. The summed E-state index contributed by atoms with van der Waals surface area (Å²) in [6.07, 6.45) is 0. The zero-order valence-corrected chi connectivity index (χ0v) is 18.7. The Hall–Kier alpha value is -3.61. The van der Waals surface area contributed by atoms with Gasteiger partial charge in [0.05, 0.1) is 18.8 Å². The molecule has 0 bridgehead atoms. The number of benzene rings is 2. The number of aromatic nitrogens is 2. The molecule has 2 N–H and O–H groups in total. The van der Waals surface area contributed by atoms with E-state index in [0.29, 0.717) is 24.7 Å². The van der Waals surface area contributed by atoms with Crippen molar-refractivity contribution < 1.29 is 9.53 Å². The number of aliphatic imine (C=N–C) groups is 1. The molecule has 7 heteroatoms. The third kappa shape index (κ3) is 5.72. The maximum atomic E-state index is 12.8. The van der Waals surface area contributed by atoms with Gasteiger partial charge in [0.1, 0.15) is 5.75 Å². The van der Waals surface area contributed by atoms with Crippen molar-refractivity contribution in [1.29, 1.82) is 0 Å². The minimum absolute atomic E-state index is 0.225. The predicted molar refractivity (Wildman–Crippen MR) is 124 cm³/mol. The molecule has 0 aliphatic carbocycles. The summed E-state index contributed by atoms with van der Waals surface area (Å²) in [7, 11) is 1.91. The normalized spacial score (nSPS) is 11.3. The average Bonchev–Trinajstić information content (AvgIpc) is 2.99. The molecule has 0 spiro atoms. The quantitative estimate of drug-likeness (QED) is 0.465. The van der Waals surface area contributed by atoms with Gasteiger partial charge in [0.2, 0.25) is 5.96 Å². The number of anilines is 1. The first-order chi connectivity index (χ1) is 14.9. The van der Waals surface area contributed by atoms with Gasteiger partial charge in [0, 0.05) is 29.6 Å². The monoisotopic (exact) mass is 419 g/mol. The first-order valence-electron chi connectivity index (χ1n) is 10.3. The van der Waals surface area contributed by atoms with E-state index in [-0.39, 0.29) is 5.91 Å². The van der Waals surface area contributed by atoms with E-state index in [0.717, 1.165) is 34.0 Å². The standard InChI is InChI=1S/C24H29N5O2/c1-6-31-21-13-11-20(12-14-21)26-24(25-15-22-17(3)28-29(5)18(22)4)27-23(30)19-9-7-16(2)8-10-19/h7-14H,6,15H2,1-5H3,(H2,25,26,27,30). The maximum Gasteiger partial charge on any atom is 0.257 e. The Bertz CT molecular complexity index is 1070. The molecule has 162 valence electrons. The van der Waals surface area contributed by atoms with Crippen LogP contribution in [0.4, 0.5) is 5.69 Å². The molecule has 0 unspecified atom stereocenters. The lowest BCUT2D eigenvalue weighted by molar-refractivity contribution is 0.0977. The molecule has 2 aromatic carbocycles. The van der Waals surface area contributed by atoms with Gasteiger partial charge in [-0.1, -0.05) is 17.7 Å². The van der Waals surface area contributed by atoms with Gasteiger partial charge >= 0.3 is 0 Å². The van der Waals surface area contributed by atoms with E-state index in [1.807, 2.05) is 75.8 Å². The Morgan fingerprint density at radius 3 is 2.32 bits per heavy atom. The molecule has 0 fully saturated rings. The summed E-state index contributed by atoms with van der Waals surface area (Å²) in [6, 6.07) is 14.9. The lowest BCUT2D eigenvalue weighted by Crippen LogP contribution is -2.36. The Morgan fingerprint density at radius 2 is 1.74 bits per heavy atom. The van der Waals surface area contributed by atoms with Crippen molar-refractivity contribution >= 4 is 17.6 Å². The van der Waals surface area contributed by atoms with Crippen LogP contribution in [0.2, 0.25) is 0 Å². The predicted octanol–water partition coefficient (Wildman–Crippen LogP) is 4.14. The summed E-state index contributed by atoms with van der Waals surface area (Å²) < 4.78 is 7.33. The number of ether oxygens (including phenoxy) is 1. The smallest absolute Gasteiger partial charge is 0.257 e. The summed E-state index contributed by atoms with van der Waals surface area (Å²) in [5, 5.41) is 10.6. The van der Waals surface area contributed by atoms with Crippen molar-refractivity contribution in [3.63, 3.8) is 0 Å². The molecule has 3 rings (SSSR count). The fourth-order valence-electron chi connectivity index (χ4n) is 3.14. The molecule has 1 heterocycles. The van der Waals surface area contributed by atoms with Crippen molar-refractivity contribution in [2.24, 2.45) is 12.0 Å². The molecule has 0 saturated heterocycles. The number of aryl methyl sites for hydroxylation is 3. The molecule has 0 aliphatic heterocycles. The van der Waals surface area contributed by atoms with Gasteiger partial charge in [0.15, 0.2) is 0 Å². The van der Waals surface area contributed by atoms with Gasteiger partial charge in [0.25, 0.3) is 5.91 Å². The van der Waals surface area contributed by atoms with E-state index in [1.54, 1.807) is 12.1 Å². The van der Waals surface area contributed by atoms with Crippen LogP contribution in [0.5, 0.6) is 5.75 Å². The minimum Gasteiger partial charge on any atom is -0.494 e. The number of carbonyl (C=O) groups excluding carboxylic acids is 1. The highest BCUT2D eigenvalue weighted by Gasteiger charge is 2.12. The summed E-state index contributed by atoms with van der Waals surface area (Å²) >= 11 is 0. The second-order valence-corrected chi connectivity index (χ2v) is 7.34. The van der Waals surface area contributed by atoms with Gasteiger partial charge in [-0.2, -0.15) is 5.10 Å². The molecular formula is C24H29N5O2. The molecule has 0 saturated carbocycles. The number of carbonyl (C=O) groups is 1. The molecule has 3 aromatic rings. The Morgan fingerprint density at radius 1 is 1.06 bits per heavy atom. The third-order valence-corrected chi connectivity index (χ3v) is 5.03. The fourth-order valence-corrected chi connectivity index (χ4v) is 3.14. The highest BCUT2D eigenvalue weighted by Crippen LogP contribution is 2.17. The van der Waals surface area contributed by atoms with Crippen LogP contribution in [0.15, 0.2) is 53.5 Å². The van der Waals surface area contributed by atoms with Crippen LogP contribution < -0.4 is 15.4 Å². The second-order valence-electron chi connectivity index (χ2n) is 7.34. The molecule has 7 nitrogen and oxygen atoms in total. The zero-order valence-electron chi connectivity index (χ0n) is 18.7. The van der Waals surface area contributed by atoms with Crippen molar-refractivity contribution in [2.75, 3.05) is 11.9 Å². The van der Waals surface area contributed by atoms with E-state index in [1.165, 1.54) is 0 Å². The maximum absolute atomic E-state index is 12.8. The van der Waals surface area contributed by atoms with Crippen LogP contribution in [0.3, 0.4) is 0 Å². The summed E-state index contributed by atoms with van der Waals surface area (Å²) in [5.41, 5.74) is 5.48. The Labute approximate surface area is 183 Å². The van der Waals surface area contributed by atoms with Crippen LogP contribution in [0, 0.1) is 20.8 Å². The second kappa shape index (κ2) is 9.93. The number of amides is 1. The number of rotatable bonds is 6. The zero-order chi connectivity index (χ0) is 22.4. The molecule has 1 aromatic heterocycles. The van der Waals surface area contributed by atoms with Crippen molar-refractivity contribution in [2.45, 2.75) is 34.2 Å². The van der Waals surface area contributed by atoms with Crippen LogP contribution in [0.1, 0.15) is 39.8 Å². The van der Waals surface area contributed by atoms with E-state index in [4.69, 9.17) is 4.74 Å². The lowest BCUT2D eigenvalue weighted by atomic mass is 10.1. The van der Waals surface area contributed by atoms with Gasteiger partial charge in [-0.25, -0.2) is 4.99 Å². The molecular weight excluding hydrogens is 390 g/mol. The molecule has 1 amide bonds. The Kier molecular flexibility index (Phi) is 7.07. The highest BCUT2D eigenvalue weighted by molar-refractivity contribution is 6.09. The molecule has 0 aliphatic rings. The fraction of sp³-hybridized carbons (Fsp3) is 0.292. The number of guanidine groups is 1. The third-order valence-electron chi connectivity index (χ3n) is 5.03. The number of nitrogens with zero attached hydrogens (tertiary/aromatic N) is 3. The van der Waals surface area contributed by atoms with Crippen LogP contribution in [-0.4, -0.2) is 28.3 Å². The van der Waals surface area contributed by atoms with Crippen LogP contribution in [0.25, 0.3) is 0 Å². The minimum atomic E-state index is -0.225. The van der Waals surface area contributed by atoms with E-state index < -0.39 is 0 Å². The molecule has 0 radical (unpaired) electrons. The van der Waals surface area contributed by atoms with E-state index in [2.05, 4.69) is 20.7 Å². The highest BCUT2D eigenvalue weighted by atomic mass is 16.5. The summed E-state index contributed by atoms with van der Waals surface area (Å²) in [4.78, 5) is 17.4. The lowest BCUT2D eigenvalue weighted by Gasteiger charge is -2.13. The van der Waals surface area contributed by atoms with Gasteiger partial charge in [-0.3, -0.25) is 14.8 Å². The SMILES string of the molecule is CCOc1ccc(NC(=NCc2c(C)nn(C)c2C)NC(=O)c2ccc(C)cc2)cc1. The van der Waals surface area contributed by atoms with Crippen LogP contribution in [-0.2, 0) is 13.6 Å². The topological polar surface area (TPSA) is 80.5 Å². The number of nitrogens with one attached hydrogen (secondary N) is 2. The summed E-state index contributed by atoms with van der Waals surface area (Å²) in [6.45, 7) is 8.91. The molecule has 31 heavy (non-hydrogen) atoms. The van der Waals surface area contributed by atoms with Crippen LogP contribution >= 0.6 is 0 Å². The van der Waals surface area contributed by atoms with Crippen molar-refractivity contribution in [3.05, 3.63) is 76.6 Å². The van der Waals surface area contributed by atoms with Gasteiger partial charge in [-0.15, -0.1) is 0 Å². The Balaban J connectivity index is 1.83. The number of hydrogen-bond donors (Lipinski definition) is 2. The van der Waals surface area contributed by atoms with Gasteiger partial charge < -0.3 is 10.1 Å². The first-order valence-corrected chi connectivity index (χ1v) is 10.3. The first kappa shape index (κ1) is 22.1. The molecule has 0 atom stereocenters. The van der Waals surface area contributed by atoms with E-state index >= 15 is 0 Å². The van der Waals surface area contributed by atoms with Crippen molar-refractivity contribution in [1.82, 2.24) is 15.1 Å². The average molecular weight is 420 g/mol. The van der Waals surface area contributed by atoms with Crippen molar-refractivity contribution in [3.8, 4) is 5.75 Å². The number of hydrogen-bond acceptors (Lipinski definition) is 4. The largest absolute Gasteiger partial charge is 0.494 e. The van der Waals surface area contributed by atoms with E-state index in [9.17, 15) is 4.79 Å². The van der Waals surface area contributed by atoms with Gasteiger partial charge in [-0.05, 0) is 64.1 Å².